The minimum Gasteiger partial charge on any atom is -0.496 e. The van der Waals surface area contributed by atoms with Crippen molar-refractivity contribution in [2.24, 2.45) is 0 Å². The summed E-state index contributed by atoms with van der Waals surface area (Å²) in [6, 6.07) is 9.28. The summed E-state index contributed by atoms with van der Waals surface area (Å²) in [5.74, 6) is 0.408. The van der Waals surface area contributed by atoms with Crippen molar-refractivity contribution in [3.63, 3.8) is 0 Å². The minimum atomic E-state index is -0.153. The third kappa shape index (κ3) is 4.44. The van der Waals surface area contributed by atoms with E-state index < -0.39 is 0 Å². The molecule has 23 heavy (non-hydrogen) atoms. The molecule has 0 aromatic heterocycles. The molecule has 1 aromatic rings. The van der Waals surface area contributed by atoms with E-state index in [1.54, 1.807) is 26.4 Å². The summed E-state index contributed by atoms with van der Waals surface area (Å²) < 4.78 is 10.8. The molecule has 0 radical (unpaired) electrons. The molecule has 0 spiro atoms. The van der Waals surface area contributed by atoms with Gasteiger partial charge in [0.15, 0.2) is 0 Å². The summed E-state index contributed by atoms with van der Waals surface area (Å²) in [5, 5.41) is 11.7. The Morgan fingerprint density at radius 1 is 1.43 bits per heavy atom. The van der Waals surface area contributed by atoms with Gasteiger partial charge in [0.05, 0.1) is 30.9 Å². The number of likely N-dealkylation sites (tertiary alicyclic amines) is 1. The van der Waals surface area contributed by atoms with Gasteiger partial charge in [0.25, 0.3) is 5.91 Å². The average Bonchev–Trinajstić information content (AvgIpc) is 2.60. The molecule has 6 heteroatoms. The van der Waals surface area contributed by atoms with Gasteiger partial charge >= 0.3 is 0 Å². The molecule has 1 N–H and O–H groups in total. The van der Waals surface area contributed by atoms with E-state index in [-0.39, 0.29) is 18.1 Å². The number of ether oxygens (including phenoxy) is 2. The van der Waals surface area contributed by atoms with Gasteiger partial charge in [-0.25, -0.2) is 0 Å². The minimum absolute atomic E-state index is 0.0456. The molecular weight excluding hydrogens is 294 g/mol. The normalized spacial score (nSPS) is 21.4. The van der Waals surface area contributed by atoms with Crippen LogP contribution in [0.15, 0.2) is 24.3 Å². The first-order valence-corrected chi connectivity index (χ1v) is 7.75. The number of hydrogen-bond donors (Lipinski definition) is 1. The van der Waals surface area contributed by atoms with E-state index in [4.69, 9.17) is 14.7 Å². The summed E-state index contributed by atoms with van der Waals surface area (Å²) in [6.45, 7) is 2.30. The van der Waals surface area contributed by atoms with Crippen LogP contribution >= 0.6 is 0 Å². The topological polar surface area (TPSA) is 74.6 Å². The Hall–Kier alpha value is -2.10. The van der Waals surface area contributed by atoms with E-state index in [0.717, 1.165) is 26.1 Å². The highest BCUT2D eigenvalue weighted by atomic mass is 16.5. The maximum Gasteiger partial charge on any atom is 0.255 e. The molecule has 0 bridgehead atoms. The first kappa shape index (κ1) is 17.3. The maximum absolute atomic E-state index is 12.5. The SMILES string of the molecule is COc1ccccc1C(=O)NC1CCN(CCC#N)CC1OC. The monoisotopic (exact) mass is 317 g/mol. The first-order chi connectivity index (χ1) is 11.2. The van der Waals surface area contributed by atoms with Gasteiger partial charge in [-0.15, -0.1) is 0 Å². The number of nitrogens with zero attached hydrogens (tertiary/aromatic N) is 2. The van der Waals surface area contributed by atoms with Crippen LogP contribution in [-0.4, -0.2) is 56.8 Å². The van der Waals surface area contributed by atoms with Crippen LogP contribution in [-0.2, 0) is 4.74 Å². The predicted molar refractivity (Wildman–Crippen MR) is 86.3 cm³/mol. The van der Waals surface area contributed by atoms with E-state index in [1.807, 2.05) is 12.1 Å². The van der Waals surface area contributed by atoms with E-state index in [1.165, 1.54) is 0 Å². The van der Waals surface area contributed by atoms with Crippen molar-refractivity contribution in [1.29, 1.82) is 5.26 Å². The Labute approximate surface area is 137 Å². The Kier molecular flexibility index (Phi) is 6.39. The van der Waals surface area contributed by atoms with Crippen molar-refractivity contribution in [2.75, 3.05) is 33.9 Å². The van der Waals surface area contributed by atoms with Crippen LogP contribution in [0.1, 0.15) is 23.2 Å². The molecule has 2 atom stereocenters. The van der Waals surface area contributed by atoms with Crippen molar-refractivity contribution in [3.8, 4) is 11.8 Å². The number of carbonyl (C=O) groups excluding carboxylic acids is 1. The van der Waals surface area contributed by atoms with Gasteiger partial charge in [-0.05, 0) is 18.6 Å². The summed E-state index contributed by atoms with van der Waals surface area (Å²) >= 11 is 0. The standard InChI is InChI=1S/C17H23N3O3/c1-22-15-7-4-3-6-13(15)17(21)19-14-8-11-20(10-5-9-18)12-16(14)23-2/h3-4,6-7,14,16H,5,8,10-12H2,1-2H3,(H,19,21). The Morgan fingerprint density at radius 2 is 2.22 bits per heavy atom. The summed E-state index contributed by atoms with van der Waals surface area (Å²) in [6.07, 6.45) is 1.22. The third-order valence-corrected chi connectivity index (χ3v) is 4.15. The molecular formula is C17H23N3O3. The molecule has 1 saturated heterocycles. The molecule has 1 fully saturated rings. The fourth-order valence-electron chi connectivity index (χ4n) is 2.87. The van der Waals surface area contributed by atoms with E-state index in [0.29, 0.717) is 17.7 Å². The van der Waals surface area contributed by atoms with Crippen LogP contribution in [0.4, 0.5) is 0 Å². The number of carbonyl (C=O) groups is 1. The van der Waals surface area contributed by atoms with Crippen molar-refractivity contribution in [1.82, 2.24) is 10.2 Å². The van der Waals surface area contributed by atoms with Crippen molar-refractivity contribution in [3.05, 3.63) is 29.8 Å². The third-order valence-electron chi connectivity index (χ3n) is 4.15. The summed E-state index contributed by atoms with van der Waals surface area (Å²) in [4.78, 5) is 14.7. The molecule has 2 unspecified atom stereocenters. The summed E-state index contributed by atoms with van der Waals surface area (Å²) in [7, 11) is 3.21. The number of benzene rings is 1. The van der Waals surface area contributed by atoms with E-state index in [2.05, 4.69) is 16.3 Å². The van der Waals surface area contributed by atoms with Gasteiger partial charge in [-0.2, -0.15) is 5.26 Å². The number of methoxy groups -OCH3 is 2. The number of piperidine rings is 1. The predicted octanol–water partition coefficient (Wildman–Crippen LogP) is 1.43. The van der Waals surface area contributed by atoms with Gasteiger partial charge in [0.1, 0.15) is 5.75 Å². The highest BCUT2D eigenvalue weighted by molar-refractivity contribution is 5.97. The maximum atomic E-state index is 12.5. The van der Waals surface area contributed by atoms with Gasteiger partial charge < -0.3 is 14.8 Å². The van der Waals surface area contributed by atoms with Gasteiger partial charge in [0, 0.05) is 33.2 Å². The second-order valence-corrected chi connectivity index (χ2v) is 5.55. The molecule has 0 saturated carbocycles. The van der Waals surface area contributed by atoms with Crippen LogP contribution in [0.3, 0.4) is 0 Å². The Bertz CT molecular complexity index is 570. The molecule has 1 aromatic carbocycles. The number of hydrogen-bond acceptors (Lipinski definition) is 5. The van der Waals surface area contributed by atoms with Crippen LogP contribution in [0.2, 0.25) is 0 Å². The lowest BCUT2D eigenvalue weighted by atomic mass is 10.0. The molecule has 1 heterocycles. The van der Waals surface area contributed by atoms with Crippen LogP contribution in [0.5, 0.6) is 5.75 Å². The van der Waals surface area contributed by atoms with Crippen LogP contribution in [0, 0.1) is 11.3 Å². The number of para-hydroxylation sites is 1. The fraction of sp³-hybridized carbons (Fsp3) is 0.529. The van der Waals surface area contributed by atoms with Crippen molar-refractivity contribution >= 4 is 5.91 Å². The zero-order valence-corrected chi connectivity index (χ0v) is 13.6. The van der Waals surface area contributed by atoms with Crippen LogP contribution < -0.4 is 10.1 Å². The summed E-state index contributed by atoms with van der Waals surface area (Å²) in [5.41, 5.74) is 0.525. The lowest BCUT2D eigenvalue weighted by molar-refractivity contribution is 0.00705. The quantitative estimate of drug-likeness (QED) is 0.859. The highest BCUT2D eigenvalue weighted by Crippen LogP contribution is 2.19. The highest BCUT2D eigenvalue weighted by Gasteiger charge is 2.30. The Balaban J connectivity index is 1.99. The first-order valence-electron chi connectivity index (χ1n) is 7.75. The lowest BCUT2D eigenvalue weighted by Crippen LogP contribution is -2.54. The molecule has 1 amide bonds. The smallest absolute Gasteiger partial charge is 0.255 e. The van der Waals surface area contributed by atoms with Crippen molar-refractivity contribution < 1.29 is 14.3 Å². The zero-order valence-electron chi connectivity index (χ0n) is 13.6. The van der Waals surface area contributed by atoms with Gasteiger partial charge in [-0.1, -0.05) is 12.1 Å². The van der Waals surface area contributed by atoms with E-state index in [9.17, 15) is 4.79 Å². The largest absolute Gasteiger partial charge is 0.496 e. The fourth-order valence-corrected chi connectivity index (χ4v) is 2.87. The molecule has 6 nitrogen and oxygen atoms in total. The van der Waals surface area contributed by atoms with E-state index >= 15 is 0 Å². The second kappa shape index (κ2) is 8.51. The second-order valence-electron chi connectivity index (χ2n) is 5.55. The molecule has 0 aliphatic carbocycles. The van der Waals surface area contributed by atoms with Crippen LogP contribution in [0.25, 0.3) is 0 Å². The van der Waals surface area contributed by atoms with Gasteiger partial charge in [0.2, 0.25) is 0 Å². The van der Waals surface area contributed by atoms with Crippen molar-refractivity contribution in [2.45, 2.75) is 25.0 Å². The average molecular weight is 317 g/mol. The van der Waals surface area contributed by atoms with Gasteiger partial charge in [-0.3, -0.25) is 9.69 Å². The lowest BCUT2D eigenvalue weighted by Gasteiger charge is -2.37. The number of nitriles is 1. The zero-order chi connectivity index (χ0) is 16.7. The molecule has 1 aliphatic rings. The number of amides is 1. The number of nitrogens with one attached hydrogen (secondary N) is 1. The molecule has 1 aliphatic heterocycles. The molecule has 124 valence electrons. The molecule has 2 rings (SSSR count). The Morgan fingerprint density at radius 3 is 2.91 bits per heavy atom. The number of rotatable bonds is 6.